The Kier molecular flexibility index (Phi) is 7.23. The van der Waals surface area contributed by atoms with Gasteiger partial charge in [0.15, 0.2) is 7.14 Å². The van der Waals surface area contributed by atoms with Crippen LogP contribution in [0.25, 0.3) is 0 Å². The molecule has 7 nitrogen and oxygen atoms in total. The highest BCUT2D eigenvalue weighted by Crippen LogP contribution is 2.49. The maximum absolute atomic E-state index is 14.4. The summed E-state index contributed by atoms with van der Waals surface area (Å²) in [6.07, 6.45) is 0.258. The number of hydrogen-bond donors (Lipinski definition) is 3. The van der Waals surface area contributed by atoms with Gasteiger partial charge < -0.3 is 9.67 Å². The van der Waals surface area contributed by atoms with E-state index in [1.807, 2.05) is 0 Å². The zero-order chi connectivity index (χ0) is 23.1. The van der Waals surface area contributed by atoms with Crippen LogP contribution in [0, 0.1) is 0 Å². The molecule has 32 heavy (non-hydrogen) atoms. The average molecular weight is 450 g/mol. The third kappa shape index (κ3) is 4.63. The van der Waals surface area contributed by atoms with E-state index in [4.69, 9.17) is 0 Å². The quantitative estimate of drug-likeness (QED) is 0.379. The van der Waals surface area contributed by atoms with Crippen LogP contribution in [0.2, 0.25) is 0 Å². The molecule has 0 unspecified atom stereocenters. The zero-order valence-electron chi connectivity index (χ0n) is 17.4. The summed E-state index contributed by atoms with van der Waals surface area (Å²) in [4.78, 5) is 37.0. The smallest absolute Gasteiger partial charge is 0.336 e. The molecule has 164 valence electrons. The minimum atomic E-state index is -3.40. The van der Waals surface area contributed by atoms with Crippen molar-refractivity contribution in [3.63, 3.8) is 0 Å². The van der Waals surface area contributed by atoms with Gasteiger partial charge in [0.05, 0.1) is 11.1 Å². The van der Waals surface area contributed by atoms with Gasteiger partial charge in [-0.1, -0.05) is 79.7 Å². The fourth-order valence-electron chi connectivity index (χ4n) is 3.55. The van der Waals surface area contributed by atoms with Gasteiger partial charge in [0, 0.05) is 10.6 Å². The lowest BCUT2D eigenvalue weighted by atomic mass is 10.1. The lowest BCUT2D eigenvalue weighted by Crippen LogP contribution is -2.48. The van der Waals surface area contributed by atoms with Crippen molar-refractivity contribution in [3.8, 4) is 0 Å². The van der Waals surface area contributed by atoms with Crippen LogP contribution in [0.1, 0.15) is 34.1 Å². The Morgan fingerprint density at radius 3 is 1.72 bits per heavy atom. The number of amides is 2. The van der Waals surface area contributed by atoms with Crippen molar-refractivity contribution in [2.45, 2.75) is 19.0 Å². The van der Waals surface area contributed by atoms with Gasteiger partial charge in [-0.15, -0.1) is 0 Å². The number of aromatic carboxylic acids is 1. The van der Waals surface area contributed by atoms with E-state index in [1.165, 1.54) is 24.3 Å². The normalized spacial score (nSPS) is 11.9. The van der Waals surface area contributed by atoms with E-state index in [0.29, 0.717) is 10.6 Å². The Morgan fingerprint density at radius 2 is 1.25 bits per heavy atom. The highest BCUT2D eigenvalue weighted by molar-refractivity contribution is 7.80. The standard InChI is InChI=1S/C24H23N2O5P/c1-2-21(23(28)26-25-22(27)19-15-9-10-16-20(19)24(29)30)32(31,17-11-5-3-6-12-17)18-13-7-4-8-14-18/h3-16,21H,2H2,1H3,(H,25,27)(H,26,28)(H,29,30)/t21-/m1/s1. The Labute approximate surface area is 185 Å². The van der Waals surface area contributed by atoms with Gasteiger partial charge in [0.25, 0.3) is 5.91 Å². The van der Waals surface area contributed by atoms with Crippen LogP contribution in [0.4, 0.5) is 0 Å². The van der Waals surface area contributed by atoms with Crippen molar-refractivity contribution in [1.82, 2.24) is 10.9 Å². The molecule has 8 heteroatoms. The average Bonchev–Trinajstić information content (AvgIpc) is 2.83. The summed E-state index contributed by atoms with van der Waals surface area (Å²) in [6, 6.07) is 23.3. The molecule has 0 heterocycles. The predicted octanol–water partition coefficient (Wildman–Crippen LogP) is 2.94. The van der Waals surface area contributed by atoms with Crippen molar-refractivity contribution in [2.75, 3.05) is 0 Å². The summed E-state index contributed by atoms with van der Waals surface area (Å²) in [5, 5.41) is 10.3. The molecule has 0 aliphatic carbocycles. The van der Waals surface area contributed by atoms with Crippen LogP contribution >= 0.6 is 7.14 Å². The van der Waals surface area contributed by atoms with Gasteiger partial charge in [-0.2, -0.15) is 0 Å². The fraction of sp³-hybridized carbons (Fsp3) is 0.125. The summed E-state index contributed by atoms with van der Waals surface area (Å²) >= 11 is 0. The number of carbonyl (C=O) groups is 3. The van der Waals surface area contributed by atoms with Crippen molar-refractivity contribution in [2.24, 2.45) is 0 Å². The lowest BCUT2D eigenvalue weighted by Gasteiger charge is -2.27. The molecule has 0 fully saturated rings. The number of carboxylic acids is 1. The summed E-state index contributed by atoms with van der Waals surface area (Å²) in [5.41, 5.74) is 3.37. The number of hydrogen-bond acceptors (Lipinski definition) is 4. The number of carbonyl (C=O) groups excluding carboxylic acids is 2. The first-order chi connectivity index (χ1) is 15.4. The molecule has 0 radical (unpaired) electrons. The van der Waals surface area contributed by atoms with Crippen molar-refractivity contribution < 1.29 is 24.1 Å². The Morgan fingerprint density at radius 1 is 0.781 bits per heavy atom. The Bertz CT molecular complexity index is 1120. The molecule has 3 aromatic rings. The minimum Gasteiger partial charge on any atom is -0.478 e. The molecule has 0 saturated carbocycles. The van der Waals surface area contributed by atoms with Gasteiger partial charge in [-0.3, -0.25) is 20.4 Å². The maximum atomic E-state index is 14.4. The Hall–Kier alpha value is -3.70. The topological polar surface area (TPSA) is 113 Å². The molecule has 0 spiro atoms. The number of carboxylic acid groups (broad SMARTS) is 1. The highest BCUT2D eigenvalue weighted by Gasteiger charge is 2.40. The summed E-state index contributed by atoms with van der Waals surface area (Å²) in [5.74, 6) is -2.66. The number of rotatable bonds is 7. The predicted molar refractivity (Wildman–Crippen MR) is 123 cm³/mol. The third-order valence-electron chi connectivity index (χ3n) is 5.11. The second-order valence-corrected chi connectivity index (χ2v) is 10.0. The molecule has 0 aromatic heterocycles. The van der Waals surface area contributed by atoms with Crippen LogP contribution in [-0.2, 0) is 9.36 Å². The first-order valence-electron chi connectivity index (χ1n) is 10.0. The zero-order valence-corrected chi connectivity index (χ0v) is 18.3. The van der Waals surface area contributed by atoms with Crippen LogP contribution < -0.4 is 21.5 Å². The van der Waals surface area contributed by atoms with E-state index < -0.39 is 30.6 Å². The van der Waals surface area contributed by atoms with Gasteiger partial charge in [0.2, 0.25) is 5.91 Å². The van der Waals surface area contributed by atoms with E-state index in [0.717, 1.165) is 0 Å². The van der Waals surface area contributed by atoms with Crippen molar-refractivity contribution in [1.29, 1.82) is 0 Å². The first-order valence-corrected chi connectivity index (χ1v) is 11.8. The molecule has 3 aromatic carbocycles. The molecular weight excluding hydrogens is 427 g/mol. The van der Waals surface area contributed by atoms with Gasteiger partial charge in [0.1, 0.15) is 5.66 Å². The molecule has 0 aliphatic rings. The fourth-order valence-corrected chi connectivity index (χ4v) is 6.71. The van der Waals surface area contributed by atoms with E-state index >= 15 is 0 Å². The Balaban J connectivity index is 1.89. The van der Waals surface area contributed by atoms with E-state index in [-0.39, 0.29) is 17.5 Å². The van der Waals surface area contributed by atoms with E-state index in [2.05, 4.69) is 10.9 Å². The third-order valence-corrected chi connectivity index (χ3v) is 8.72. The van der Waals surface area contributed by atoms with Gasteiger partial charge in [-0.05, 0) is 18.6 Å². The number of nitrogens with one attached hydrogen (secondary N) is 2. The minimum absolute atomic E-state index is 0.0948. The molecular formula is C24H23N2O5P. The van der Waals surface area contributed by atoms with Gasteiger partial charge >= 0.3 is 5.97 Å². The summed E-state index contributed by atoms with van der Waals surface area (Å²) in [6.45, 7) is 1.75. The SMILES string of the molecule is CC[C@H](C(=O)NNC(=O)c1ccccc1C(=O)O)P(=O)(c1ccccc1)c1ccccc1. The van der Waals surface area contributed by atoms with Crippen molar-refractivity contribution >= 4 is 35.5 Å². The molecule has 0 bridgehead atoms. The highest BCUT2D eigenvalue weighted by atomic mass is 31.2. The van der Waals surface area contributed by atoms with Gasteiger partial charge in [-0.25, -0.2) is 4.79 Å². The van der Waals surface area contributed by atoms with Crippen LogP contribution in [-0.4, -0.2) is 28.5 Å². The monoisotopic (exact) mass is 450 g/mol. The van der Waals surface area contributed by atoms with E-state index in [9.17, 15) is 24.1 Å². The number of hydrazine groups is 1. The number of benzene rings is 3. The van der Waals surface area contributed by atoms with Crippen LogP contribution in [0.3, 0.4) is 0 Å². The second-order valence-electron chi connectivity index (χ2n) is 7.05. The summed E-state index contributed by atoms with van der Waals surface area (Å²) in [7, 11) is -3.40. The molecule has 1 atom stereocenters. The van der Waals surface area contributed by atoms with E-state index in [1.54, 1.807) is 67.6 Å². The second kappa shape index (κ2) is 10.1. The summed E-state index contributed by atoms with van der Waals surface area (Å²) < 4.78 is 14.4. The molecule has 0 saturated heterocycles. The van der Waals surface area contributed by atoms with Crippen molar-refractivity contribution in [3.05, 3.63) is 96.1 Å². The van der Waals surface area contributed by atoms with Crippen LogP contribution in [0.5, 0.6) is 0 Å². The molecule has 3 rings (SSSR count). The molecule has 0 aliphatic heterocycles. The maximum Gasteiger partial charge on any atom is 0.336 e. The molecule has 3 N–H and O–H groups in total. The molecule has 2 amide bonds. The lowest BCUT2D eigenvalue weighted by molar-refractivity contribution is -0.121. The largest absolute Gasteiger partial charge is 0.478 e. The van der Waals surface area contributed by atoms with Crippen LogP contribution in [0.15, 0.2) is 84.9 Å². The first kappa shape index (κ1) is 23.0.